The van der Waals surface area contributed by atoms with E-state index >= 15 is 0 Å². The number of ether oxygens (including phenoxy) is 1. The maximum atomic E-state index is 12.7. The van der Waals surface area contributed by atoms with Gasteiger partial charge in [0.1, 0.15) is 17.0 Å². The van der Waals surface area contributed by atoms with Gasteiger partial charge in [0.05, 0.1) is 12.1 Å². The highest BCUT2D eigenvalue weighted by Gasteiger charge is 2.30. The zero-order valence-corrected chi connectivity index (χ0v) is 14.9. The van der Waals surface area contributed by atoms with Gasteiger partial charge in [0.2, 0.25) is 5.89 Å². The van der Waals surface area contributed by atoms with Gasteiger partial charge < -0.3 is 14.5 Å². The predicted octanol–water partition coefficient (Wildman–Crippen LogP) is 3.97. The fourth-order valence-corrected chi connectivity index (χ4v) is 2.83. The van der Waals surface area contributed by atoms with Crippen molar-refractivity contribution in [3.63, 3.8) is 0 Å². The molecule has 0 saturated heterocycles. The SMILES string of the molecule is Cc1csc(CNC(=O)c2coc(COc3cccc(C(F)(F)F)c3)n2)n1. The first-order chi connectivity index (χ1) is 12.8. The van der Waals surface area contributed by atoms with Gasteiger partial charge in [-0.2, -0.15) is 13.2 Å². The second-order valence-electron chi connectivity index (χ2n) is 5.51. The number of rotatable bonds is 6. The fraction of sp³-hybridized carbons (Fsp3) is 0.235. The second-order valence-corrected chi connectivity index (χ2v) is 6.45. The Morgan fingerprint density at radius 1 is 1.33 bits per heavy atom. The largest absolute Gasteiger partial charge is 0.484 e. The number of aromatic nitrogens is 2. The third-order valence-corrected chi connectivity index (χ3v) is 4.34. The quantitative estimate of drug-likeness (QED) is 0.681. The van der Waals surface area contributed by atoms with Crippen molar-refractivity contribution in [3.8, 4) is 5.75 Å². The van der Waals surface area contributed by atoms with E-state index in [4.69, 9.17) is 9.15 Å². The number of nitrogens with one attached hydrogen (secondary N) is 1. The summed E-state index contributed by atoms with van der Waals surface area (Å²) >= 11 is 1.43. The summed E-state index contributed by atoms with van der Waals surface area (Å²) in [6.07, 6.45) is -3.29. The van der Waals surface area contributed by atoms with Crippen molar-refractivity contribution in [1.29, 1.82) is 0 Å². The Balaban J connectivity index is 1.55. The highest BCUT2D eigenvalue weighted by molar-refractivity contribution is 7.09. The molecule has 1 aromatic carbocycles. The number of nitrogens with zero attached hydrogens (tertiary/aromatic N) is 2. The van der Waals surface area contributed by atoms with E-state index in [9.17, 15) is 18.0 Å². The molecule has 0 aliphatic heterocycles. The number of hydrogen-bond donors (Lipinski definition) is 1. The molecule has 0 aliphatic carbocycles. The van der Waals surface area contributed by atoms with Crippen LogP contribution in [0.25, 0.3) is 0 Å². The molecule has 2 heterocycles. The maximum Gasteiger partial charge on any atom is 0.416 e. The van der Waals surface area contributed by atoms with E-state index in [1.54, 1.807) is 0 Å². The van der Waals surface area contributed by atoms with Crippen LogP contribution < -0.4 is 10.1 Å². The summed E-state index contributed by atoms with van der Waals surface area (Å²) in [7, 11) is 0. The van der Waals surface area contributed by atoms with Crippen molar-refractivity contribution in [3.05, 3.63) is 63.8 Å². The van der Waals surface area contributed by atoms with E-state index in [1.807, 2.05) is 12.3 Å². The predicted molar refractivity (Wildman–Crippen MR) is 90.3 cm³/mol. The molecule has 3 aromatic rings. The molecular weight excluding hydrogens is 383 g/mol. The summed E-state index contributed by atoms with van der Waals surface area (Å²) in [5.74, 6) is -0.354. The van der Waals surface area contributed by atoms with Crippen molar-refractivity contribution in [2.75, 3.05) is 0 Å². The van der Waals surface area contributed by atoms with Crippen LogP contribution in [-0.2, 0) is 19.3 Å². The first kappa shape index (κ1) is 18.9. The Morgan fingerprint density at radius 3 is 2.85 bits per heavy atom. The van der Waals surface area contributed by atoms with E-state index in [0.29, 0.717) is 0 Å². The van der Waals surface area contributed by atoms with E-state index in [2.05, 4.69) is 15.3 Å². The lowest BCUT2D eigenvalue weighted by Gasteiger charge is -2.09. The standard InChI is InChI=1S/C17H14F3N3O3S/c1-10-9-27-15(22-10)6-21-16(24)13-7-26-14(23-13)8-25-12-4-2-3-11(5-12)17(18,19)20/h2-5,7,9H,6,8H2,1H3,(H,21,24). The molecule has 3 rings (SSSR count). The van der Waals surface area contributed by atoms with Crippen molar-refractivity contribution in [1.82, 2.24) is 15.3 Å². The number of amides is 1. The van der Waals surface area contributed by atoms with Gasteiger partial charge in [0.15, 0.2) is 12.3 Å². The molecule has 0 radical (unpaired) electrons. The molecule has 6 nitrogen and oxygen atoms in total. The molecule has 2 aromatic heterocycles. The molecule has 27 heavy (non-hydrogen) atoms. The summed E-state index contributed by atoms with van der Waals surface area (Å²) in [5.41, 5.74) is 0.107. The Labute approximate surface area is 156 Å². The lowest BCUT2D eigenvalue weighted by atomic mass is 10.2. The Kier molecular flexibility index (Phi) is 5.45. The van der Waals surface area contributed by atoms with E-state index < -0.39 is 17.6 Å². The molecule has 142 valence electrons. The molecule has 0 atom stereocenters. The van der Waals surface area contributed by atoms with Crippen LogP contribution in [0.1, 0.15) is 32.6 Å². The molecule has 0 bridgehead atoms. The van der Waals surface area contributed by atoms with Crippen molar-refractivity contribution in [2.24, 2.45) is 0 Å². The first-order valence-corrected chi connectivity index (χ1v) is 8.63. The first-order valence-electron chi connectivity index (χ1n) is 7.75. The van der Waals surface area contributed by atoms with Crippen molar-refractivity contribution in [2.45, 2.75) is 26.3 Å². The van der Waals surface area contributed by atoms with Gasteiger partial charge in [-0.1, -0.05) is 6.07 Å². The Hall–Kier alpha value is -2.88. The van der Waals surface area contributed by atoms with E-state index in [0.717, 1.165) is 29.1 Å². The van der Waals surface area contributed by atoms with E-state index in [-0.39, 0.29) is 30.5 Å². The van der Waals surface area contributed by atoms with Crippen LogP contribution in [0.3, 0.4) is 0 Å². The smallest absolute Gasteiger partial charge is 0.416 e. The van der Waals surface area contributed by atoms with Crippen LogP contribution in [0.2, 0.25) is 0 Å². The van der Waals surface area contributed by atoms with Gasteiger partial charge in [-0.05, 0) is 25.1 Å². The molecule has 0 aliphatic rings. The summed E-state index contributed by atoms with van der Waals surface area (Å²) in [6, 6.07) is 4.46. The van der Waals surface area contributed by atoms with Crippen molar-refractivity contribution >= 4 is 17.2 Å². The van der Waals surface area contributed by atoms with E-state index in [1.165, 1.54) is 23.5 Å². The van der Waals surface area contributed by atoms with Crippen LogP contribution in [0.4, 0.5) is 13.2 Å². The topological polar surface area (TPSA) is 77.2 Å². The van der Waals surface area contributed by atoms with Crippen LogP contribution in [0, 0.1) is 6.92 Å². The second kappa shape index (κ2) is 7.78. The molecule has 1 N–H and O–H groups in total. The Morgan fingerprint density at radius 2 is 2.15 bits per heavy atom. The van der Waals surface area contributed by atoms with Gasteiger partial charge in [0.25, 0.3) is 5.91 Å². The number of hydrogen-bond acceptors (Lipinski definition) is 6. The monoisotopic (exact) mass is 397 g/mol. The zero-order valence-electron chi connectivity index (χ0n) is 14.0. The van der Waals surface area contributed by atoms with Crippen LogP contribution in [0.15, 0.2) is 40.3 Å². The summed E-state index contributed by atoms with van der Waals surface area (Å²) < 4.78 is 48.4. The fourth-order valence-electron chi connectivity index (χ4n) is 2.12. The highest BCUT2D eigenvalue weighted by Crippen LogP contribution is 2.31. The van der Waals surface area contributed by atoms with Crippen LogP contribution in [-0.4, -0.2) is 15.9 Å². The number of benzene rings is 1. The highest BCUT2D eigenvalue weighted by atomic mass is 32.1. The Bertz CT molecular complexity index is 937. The lowest BCUT2D eigenvalue weighted by molar-refractivity contribution is -0.137. The molecule has 0 saturated carbocycles. The number of thiazole rings is 1. The van der Waals surface area contributed by atoms with Crippen molar-refractivity contribution < 1.29 is 27.1 Å². The molecule has 0 unspecified atom stereocenters. The number of aryl methyl sites for hydroxylation is 1. The maximum absolute atomic E-state index is 12.7. The van der Waals surface area contributed by atoms with Gasteiger partial charge in [-0.25, -0.2) is 9.97 Å². The summed E-state index contributed by atoms with van der Waals surface area (Å²) in [4.78, 5) is 20.2. The number of carbonyl (C=O) groups is 1. The number of oxazole rings is 1. The normalized spacial score (nSPS) is 11.4. The van der Waals surface area contributed by atoms with Crippen LogP contribution >= 0.6 is 11.3 Å². The number of halogens is 3. The van der Waals surface area contributed by atoms with Gasteiger partial charge >= 0.3 is 6.18 Å². The molecule has 10 heteroatoms. The van der Waals surface area contributed by atoms with Gasteiger partial charge in [-0.15, -0.1) is 11.3 Å². The zero-order chi connectivity index (χ0) is 19.4. The minimum Gasteiger partial charge on any atom is -0.484 e. The summed E-state index contributed by atoms with van der Waals surface area (Å²) in [5, 5.41) is 5.30. The van der Waals surface area contributed by atoms with Gasteiger partial charge in [-0.3, -0.25) is 4.79 Å². The lowest BCUT2D eigenvalue weighted by Crippen LogP contribution is -2.23. The molecule has 1 amide bonds. The third-order valence-electron chi connectivity index (χ3n) is 3.37. The molecule has 0 spiro atoms. The average Bonchev–Trinajstić information content (AvgIpc) is 3.26. The minimum absolute atomic E-state index is 0.0215. The molecule has 0 fully saturated rings. The third kappa shape index (κ3) is 5.07. The number of alkyl halides is 3. The van der Waals surface area contributed by atoms with Crippen LogP contribution in [0.5, 0.6) is 5.75 Å². The van der Waals surface area contributed by atoms with Gasteiger partial charge in [0, 0.05) is 11.1 Å². The number of carbonyl (C=O) groups excluding carboxylic acids is 1. The molecular formula is C17H14F3N3O3S. The summed E-state index contributed by atoms with van der Waals surface area (Å²) in [6.45, 7) is 1.91. The average molecular weight is 397 g/mol. The minimum atomic E-state index is -4.45.